The lowest BCUT2D eigenvalue weighted by molar-refractivity contribution is 0.0240. The van der Waals surface area contributed by atoms with Gasteiger partial charge in [-0.05, 0) is 56.7 Å². The minimum atomic E-state index is -0.554. The molecule has 0 unspecified atom stereocenters. The number of anilines is 3. The molecule has 11 heteroatoms. The SMILES string of the molecule is COc1ccc2c(c1)C(=O)N(c1cccc(C(=O)Nc3cnccc3N3CCN(C(=O)OC(C)(C)C)CC3)n1)C2. The number of aromatic nitrogens is 2. The highest BCUT2D eigenvalue weighted by molar-refractivity contribution is 6.10. The van der Waals surface area contributed by atoms with Crippen molar-refractivity contribution >= 4 is 35.1 Å². The number of amides is 3. The summed E-state index contributed by atoms with van der Waals surface area (Å²) in [6, 6.07) is 12.2. The number of nitrogens with zero attached hydrogens (tertiary/aromatic N) is 5. The van der Waals surface area contributed by atoms with E-state index in [-0.39, 0.29) is 17.7 Å². The van der Waals surface area contributed by atoms with Crippen LogP contribution >= 0.6 is 0 Å². The molecule has 1 aromatic carbocycles. The van der Waals surface area contributed by atoms with Crippen LogP contribution in [-0.4, -0.2) is 71.7 Å². The van der Waals surface area contributed by atoms with Gasteiger partial charge in [-0.1, -0.05) is 12.1 Å². The molecule has 3 amide bonds. The fourth-order valence-electron chi connectivity index (χ4n) is 4.69. The van der Waals surface area contributed by atoms with Crippen LogP contribution in [0.2, 0.25) is 0 Å². The molecule has 0 bridgehead atoms. The van der Waals surface area contributed by atoms with Crippen molar-refractivity contribution in [2.45, 2.75) is 32.9 Å². The van der Waals surface area contributed by atoms with Crippen molar-refractivity contribution in [2.24, 2.45) is 0 Å². The Morgan fingerprint density at radius 3 is 2.52 bits per heavy atom. The fourth-order valence-corrected chi connectivity index (χ4v) is 4.69. The van der Waals surface area contributed by atoms with Gasteiger partial charge in [-0.2, -0.15) is 0 Å². The summed E-state index contributed by atoms with van der Waals surface area (Å²) in [5, 5.41) is 2.92. The average molecular weight is 545 g/mol. The predicted octanol–water partition coefficient (Wildman–Crippen LogP) is 3.96. The minimum Gasteiger partial charge on any atom is -0.497 e. The first kappa shape index (κ1) is 26.9. The molecule has 0 aliphatic carbocycles. The Hall–Kier alpha value is -4.67. The number of hydrogen-bond acceptors (Lipinski definition) is 8. The third kappa shape index (κ3) is 5.68. The lowest BCUT2D eigenvalue weighted by Crippen LogP contribution is -2.50. The highest BCUT2D eigenvalue weighted by atomic mass is 16.6. The van der Waals surface area contributed by atoms with Crippen LogP contribution in [0.3, 0.4) is 0 Å². The molecule has 4 heterocycles. The molecule has 2 aliphatic heterocycles. The number of rotatable bonds is 5. The van der Waals surface area contributed by atoms with Crippen molar-refractivity contribution in [1.29, 1.82) is 0 Å². The maximum Gasteiger partial charge on any atom is 0.410 e. The summed E-state index contributed by atoms with van der Waals surface area (Å²) in [6.07, 6.45) is 2.92. The summed E-state index contributed by atoms with van der Waals surface area (Å²) >= 11 is 0. The van der Waals surface area contributed by atoms with E-state index in [9.17, 15) is 14.4 Å². The Morgan fingerprint density at radius 2 is 1.80 bits per heavy atom. The number of ether oxygens (including phenoxy) is 2. The first-order valence-corrected chi connectivity index (χ1v) is 13.1. The summed E-state index contributed by atoms with van der Waals surface area (Å²) in [5.74, 6) is 0.374. The molecular formula is C29H32N6O5. The van der Waals surface area contributed by atoms with Gasteiger partial charge in [0, 0.05) is 37.9 Å². The van der Waals surface area contributed by atoms with Crippen LogP contribution in [0.25, 0.3) is 0 Å². The third-order valence-corrected chi connectivity index (χ3v) is 6.68. The monoisotopic (exact) mass is 544 g/mol. The molecule has 1 N–H and O–H groups in total. The van der Waals surface area contributed by atoms with Gasteiger partial charge in [0.15, 0.2) is 0 Å². The molecular weight excluding hydrogens is 512 g/mol. The molecule has 11 nitrogen and oxygen atoms in total. The number of hydrogen-bond donors (Lipinski definition) is 1. The largest absolute Gasteiger partial charge is 0.497 e. The topological polar surface area (TPSA) is 117 Å². The van der Waals surface area contributed by atoms with E-state index in [0.717, 1.165) is 11.3 Å². The average Bonchev–Trinajstić information content (AvgIpc) is 3.28. The number of benzene rings is 1. The lowest BCUT2D eigenvalue weighted by atomic mass is 10.1. The summed E-state index contributed by atoms with van der Waals surface area (Å²) < 4.78 is 10.7. The van der Waals surface area contributed by atoms with Gasteiger partial charge in [0.25, 0.3) is 11.8 Å². The van der Waals surface area contributed by atoms with Crippen LogP contribution in [0, 0.1) is 0 Å². The molecule has 0 atom stereocenters. The van der Waals surface area contributed by atoms with E-state index in [2.05, 4.69) is 20.2 Å². The fraction of sp³-hybridized carbons (Fsp3) is 0.345. The molecule has 3 aromatic rings. The molecule has 208 valence electrons. The zero-order valence-electron chi connectivity index (χ0n) is 23.0. The Balaban J connectivity index is 1.27. The van der Waals surface area contributed by atoms with Crippen LogP contribution in [0.4, 0.5) is 22.0 Å². The van der Waals surface area contributed by atoms with Crippen LogP contribution in [0.5, 0.6) is 5.75 Å². The van der Waals surface area contributed by atoms with E-state index in [1.165, 1.54) is 0 Å². The van der Waals surface area contributed by atoms with E-state index < -0.39 is 11.5 Å². The first-order chi connectivity index (χ1) is 19.1. The molecule has 1 fully saturated rings. The van der Waals surface area contributed by atoms with Crippen LogP contribution in [0.1, 0.15) is 47.2 Å². The number of nitrogens with one attached hydrogen (secondary N) is 1. The Morgan fingerprint density at radius 1 is 1.02 bits per heavy atom. The van der Waals surface area contributed by atoms with Gasteiger partial charge in [-0.25, -0.2) is 9.78 Å². The second-order valence-electron chi connectivity index (χ2n) is 10.6. The number of carbonyl (C=O) groups excluding carboxylic acids is 3. The van der Waals surface area contributed by atoms with Gasteiger partial charge in [0.05, 0.1) is 31.2 Å². The van der Waals surface area contributed by atoms with Crippen molar-refractivity contribution in [3.63, 3.8) is 0 Å². The van der Waals surface area contributed by atoms with E-state index in [1.807, 2.05) is 39.0 Å². The number of piperazine rings is 1. The summed E-state index contributed by atoms with van der Waals surface area (Å²) in [6.45, 7) is 8.02. The number of fused-ring (bicyclic) bond motifs is 1. The molecule has 2 aromatic heterocycles. The quantitative estimate of drug-likeness (QED) is 0.513. The Labute approximate surface area is 232 Å². The van der Waals surface area contributed by atoms with Gasteiger partial charge >= 0.3 is 6.09 Å². The van der Waals surface area contributed by atoms with Crippen LogP contribution in [0.15, 0.2) is 54.9 Å². The second-order valence-corrected chi connectivity index (χ2v) is 10.6. The van der Waals surface area contributed by atoms with E-state index in [4.69, 9.17) is 9.47 Å². The van der Waals surface area contributed by atoms with E-state index >= 15 is 0 Å². The van der Waals surface area contributed by atoms with Crippen molar-refractivity contribution in [3.05, 3.63) is 71.7 Å². The summed E-state index contributed by atoms with van der Waals surface area (Å²) in [5.41, 5.74) is 2.37. The molecule has 0 saturated carbocycles. The zero-order chi connectivity index (χ0) is 28.4. The van der Waals surface area contributed by atoms with Crippen LogP contribution < -0.4 is 19.9 Å². The van der Waals surface area contributed by atoms with Gasteiger partial charge in [-0.3, -0.25) is 19.5 Å². The van der Waals surface area contributed by atoms with Crippen molar-refractivity contribution in [2.75, 3.05) is 48.4 Å². The highest BCUT2D eigenvalue weighted by Crippen LogP contribution is 2.30. The standard InChI is InChI=1S/C29H32N6O5/c1-29(2,3)40-28(38)34-14-12-33(13-15-34)24-10-11-30-17-23(24)32-26(36)22-6-5-7-25(31-22)35-18-19-8-9-20(39-4)16-21(19)27(35)37/h5-11,16-17H,12-15,18H2,1-4H3,(H,32,36). The summed E-state index contributed by atoms with van der Waals surface area (Å²) in [7, 11) is 1.56. The predicted molar refractivity (Wildman–Crippen MR) is 150 cm³/mol. The van der Waals surface area contributed by atoms with E-state index in [0.29, 0.717) is 55.5 Å². The molecule has 0 radical (unpaired) electrons. The van der Waals surface area contributed by atoms with Gasteiger partial charge < -0.3 is 24.6 Å². The molecule has 2 aliphatic rings. The van der Waals surface area contributed by atoms with Crippen molar-refractivity contribution < 1.29 is 23.9 Å². The molecule has 1 saturated heterocycles. The van der Waals surface area contributed by atoms with Crippen LogP contribution in [-0.2, 0) is 11.3 Å². The first-order valence-electron chi connectivity index (χ1n) is 13.1. The van der Waals surface area contributed by atoms with Crippen molar-refractivity contribution in [3.8, 4) is 5.75 Å². The summed E-state index contributed by atoms with van der Waals surface area (Å²) in [4.78, 5) is 52.8. The van der Waals surface area contributed by atoms with Crippen molar-refractivity contribution in [1.82, 2.24) is 14.9 Å². The Bertz CT molecular complexity index is 1440. The molecule has 5 rings (SSSR count). The lowest BCUT2D eigenvalue weighted by Gasteiger charge is -2.37. The van der Waals surface area contributed by atoms with Gasteiger partial charge in [-0.15, -0.1) is 0 Å². The second kappa shape index (κ2) is 10.8. The molecule has 0 spiro atoms. The number of pyridine rings is 2. The Kier molecular flexibility index (Phi) is 7.29. The van der Waals surface area contributed by atoms with Gasteiger partial charge in [0.1, 0.15) is 22.9 Å². The third-order valence-electron chi connectivity index (χ3n) is 6.68. The maximum absolute atomic E-state index is 13.3. The van der Waals surface area contributed by atoms with E-state index in [1.54, 1.807) is 53.6 Å². The maximum atomic E-state index is 13.3. The number of methoxy groups -OCH3 is 1. The minimum absolute atomic E-state index is 0.170. The number of carbonyl (C=O) groups is 3. The normalized spacial score (nSPS) is 15.1. The highest BCUT2D eigenvalue weighted by Gasteiger charge is 2.31. The smallest absolute Gasteiger partial charge is 0.410 e. The molecule has 40 heavy (non-hydrogen) atoms. The van der Waals surface area contributed by atoms with Gasteiger partial charge in [0.2, 0.25) is 0 Å². The zero-order valence-corrected chi connectivity index (χ0v) is 23.0.